The first-order valence-corrected chi connectivity index (χ1v) is 7.49. The second-order valence-corrected chi connectivity index (χ2v) is 4.88. The van der Waals surface area contributed by atoms with Crippen LogP contribution >= 0.6 is 0 Å². The van der Waals surface area contributed by atoms with Crippen LogP contribution in [-0.4, -0.2) is 22.4 Å². The van der Waals surface area contributed by atoms with E-state index in [-0.39, 0.29) is 0 Å². The molecule has 19 heavy (non-hydrogen) atoms. The fraction of sp³-hybridized carbons (Fsp3) is 0.647. The van der Waals surface area contributed by atoms with Gasteiger partial charge in [0.1, 0.15) is 0 Å². The van der Waals surface area contributed by atoms with Crippen LogP contribution in [0.2, 0.25) is 0 Å². The Morgan fingerprint density at radius 1 is 0.947 bits per heavy atom. The highest BCUT2D eigenvalue weighted by molar-refractivity contribution is 4.93. The van der Waals surface area contributed by atoms with Gasteiger partial charge >= 0.3 is 0 Å². The normalized spacial score (nSPS) is 15.1. The molecule has 0 rings (SSSR count). The minimum Gasteiger partial charge on any atom is -0.390 e. The number of hydrogen-bond donors (Lipinski definition) is 2. The number of aliphatic hydroxyl groups excluding tert-OH is 2. The van der Waals surface area contributed by atoms with Gasteiger partial charge in [-0.05, 0) is 38.5 Å². The third-order valence-corrected chi connectivity index (χ3v) is 3.07. The lowest BCUT2D eigenvalue weighted by molar-refractivity contribution is 0.0153. The minimum atomic E-state index is -0.634. The first kappa shape index (κ1) is 18.1. The average molecular weight is 266 g/mol. The largest absolute Gasteiger partial charge is 0.390 e. The van der Waals surface area contributed by atoms with Crippen molar-refractivity contribution in [3.05, 3.63) is 37.0 Å². The predicted molar refractivity (Wildman–Crippen MR) is 83.1 cm³/mol. The molecule has 0 aliphatic heterocycles. The van der Waals surface area contributed by atoms with E-state index in [9.17, 15) is 10.2 Å². The molecule has 0 aromatic heterocycles. The fourth-order valence-electron chi connectivity index (χ4n) is 1.84. The number of aliphatic hydroxyl groups is 2. The van der Waals surface area contributed by atoms with Gasteiger partial charge in [-0.1, -0.05) is 50.1 Å². The van der Waals surface area contributed by atoms with Gasteiger partial charge in [0, 0.05) is 0 Å². The van der Waals surface area contributed by atoms with Crippen molar-refractivity contribution >= 4 is 0 Å². The summed E-state index contributed by atoms with van der Waals surface area (Å²) in [5, 5.41) is 19.6. The maximum Gasteiger partial charge on any atom is 0.0833 e. The molecule has 0 heterocycles. The Bertz CT molecular complexity index is 256. The van der Waals surface area contributed by atoms with Crippen LogP contribution in [0, 0.1) is 0 Å². The summed E-state index contributed by atoms with van der Waals surface area (Å²) >= 11 is 0. The number of allylic oxidation sites excluding steroid dienone is 4. The summed E-state index contributed by atoms with van der Waals surface area (Å²) in [5.74, 6) is 0. The van der Waals surface area contributed by atoms with Gasteiger partial charge in [0.15, 0.2) is 0 Å². The van der Waals surface area contributed by atoms with E-state index in [1.807, 2.05) is 18.2 Å². The third kappa shape index (κ3) is 11.9. The van der Waals surface area contributed by atoms with Gasteiger partial charge in [-0.15, -0.1) is 6.58 Å². The zero-order valence-corrected chi connectivity index (χ0v) is 12.3. The molecule has 2 unspecified atom stereocenters. The number of rotatable bonds is 12. The van der Waals surface area contributed by atoms with E-state index in [0.717, 1.165) is 38.5 Å². The van der Waals surface area contributed by atoms with Gasteiger partial charge in [-0.3, -0.25) is 0 Å². The highest BCUT2D eigenvalue weighted by atomic mass is 16.3. The molecule has 2 nitrogen and oxygen atoms in total. The van der Waals surface area contributed by atoms with Crippen molar-refractivity contribution in [1.29, 1.82) is 0 Å². The highest BCUT2D eigenvalue weighted by Crippen LogP contribution is 2.11. The lowest BCUT2D eigenvalue weighted by Crippen LogP contribution is -2.25. The highest BCUT2D eigenvalue weighted by Gasteiger charge is 2.13. The molecule has 0 fully saturated rings. The summed E-state index contributed by atoms with van der Waals surface area (Å²) < 4.78 is 0. The molecule has 0 saturated carbocycles. The van der Waals surface area contributed by atoms with Crippen molar-refractivity contribution in [2.24, 2.45) is 0 Å². The molecular formula is C17H30O2. The minimum absolute atomic E-state index is 0.536. The molecule has 2 heteroatoms. The van der Waals surface area contributed by atoms with Gasteiger partial charge in [0.05, 0.1) is 12.2 Å². The molecule has 2 N–H and O–H groups in total. The molecule has 0 aromatic rings. The fourth-order valence-corrected chi connectivity index (χ4v) is 1.84. The molecule has 0 radical (unpaired) electrons. The Kier molecular flexibility index (Phi) is 13.0. The van der Waals surface area contributed by atoms with Crippen LogP contribution in [0.5, 0.6) is 0 Å². The summed E-state index contributed by atoms with van der Waals surface area (Å²) in [4.78, 5) is 0. The molecule has 0 spiro atoms. The van der Waals surface area contributed by atoms with Crippen LogP contribution in [0.3, 0.4) is 0 Å². The van der Waals surface area contributed by atoms with E-state index in [1.54, 1.807) is 0 Å². The maximum atomic E-state index is 9.80. The first-order chi connectivity index (χ1) is 9.22. The second-order valence-electron chi connectivity index (χ2n) is 4.88. The molecule has 0 aliphatic carbocycles. The maximum absolute atomic E-state index is 9.80. The van der Waals surface area contributed by atoms with Gasteiger partial charge in [0.2, 0.25) is 0 Å². The second kappa shape index (κ2) is 13.6. The molecule has 0 amide bonds. The molecular weight excluding hydrogens is 236 g/mol. The van der Waals surface area contributed by atoms with Crippen LogP contribution in [0.15, 0.2) is 37.0 Å². The van der Waals surface area contributed by atoms with E-state index in [4.69, 9.17) is 0 Å². The molecule has 0 aromatic carbocycles. The number of unbranched alkanes of at least 4 members (excludes halogenated alkanes) is 3. The third-order valence-electron chi connectivity index (χ3n) is 3.07. The van der Waals surface area contributed by atoms with Crippen molar-refractivity contribution in [1.82, 2.24) is 0 Å². The molecule has 110 valence electrons. The molecule has 0 saturated heterocycles. The zero-order valence-electron chi connectivity index (χ0n) is 12.3. The molecule has 2 atom stereocenters. The smallest absolute Gasteiger partial charge is 0.0833 e. The van der Waals surface area contributed by atoms with E-state index >= 15 is 0 Å². The first-order valence-electron chi connectivity index (χ1n) is 7.49. The van der Waals surface area contributed by atoms with Crippen molar-refractivity contribution < 1.29 is 10.2 Å². The average Bonchev–Trinajstić information content (AvgIpc) is 2.42. The summed E-state index contributed by atoms with van der Waals surface area (Å²) in [6.45, 7) is 5.79. The van der Waals surface area contributed by atoms with E-state index in [2.05, 4.69) is 25.7 Å². The Morgan fingerprint density at radius 3 is 2.37 bits per heavy atom. The Labute approximate surface area is 118 Å². The lowest BCUT2D eigenvalue weighted by Gasteiger charge is -2.16. The zero-order chi connectivity index (χ0) is 14.3. The van der Waals surface area contributed by atoms with E-state index in [0.29, 0.717) is 12.8 Å². The summed E-state index contributed by atoms with van der Waals surface area (Å²) in [7, 11) is 0. The number of hydrogen-bond acceptors (Lipinski definition) is 2. The van der Waals surface area contributed by atoms with Crippen molar-refractivity contribution in [2.45, 2.75) is 70.5 Å². The van der Waals surface area contributed by atoms with Gasteiger partial charge in [-0.2, -0.15) is 0 Å². The van der Waals surface area contributed by atoms with Crippen LogP contribution < -0.4 is 0 Å². The quantitative estimate of drug-likeness (QED) is 0.411. The SMILES string of the molecule is C=CCCCCCC(O)C(O)C/C=C/C/C=C/CC. The van der Waals surface area contributed by atoms with Crippen molar-refractivity contribution in [3.8, 4) is 0 Å². The summed E-state index contributed by atoms with van der Waals surface area (Å²) in [6, 6.07) is 0. The summed E-state index contributed by atoms with van der Waals surface area (Å²) in [6.07, 6.45) is 16.3. The Morgan fingerprint density at radius 2 is 1.68 bits per heavy atom. The summed E-state index contributed by atoms with van der Waals surface area (Å²) in [5.41, 5.74) is 0. The van der Waals surface area contributed by atoms with Crippen molar-refractivity contribution in [3.63, 3.8) is 0 Å². The van der Waals surface area contributed by atoms with Crippen LogP contribution in [0.25, 0.3) is 0 Å². The lowest BCUT2D eigenvalue weighted by atomic mass is 10.0. The molecule has 0 bridgehead atoms. The van der Waals surface area contributed by atoms with Crippen LogP contribution in [-0.2, 0) is 0 Å². The van der Waals surface area contributed by atoms with Gasteiger partial charge in [0.25, 0.3) is 0 Å². The Hall–Kier alpha value is -0.860. The molecule has 0 aliphatic rings. The van der Waals surface area contributed by atoms with Gasteiger partial charge < -0.3 is 10.2 Å². The predicted octanol–water partition coefficient (Wildman–Crippen LogP) is 4.15. The van der Waals surface area contributed by atoms with E-state index < -0.39 is 12.2 Å². The monoisotopic (exact) mass is 266 g/mol. The van der Waals surface area contributed by atoms with Crippen LogP contribution in [0.4, 0.5) is 0 Å². The van der Waals surface area contributed by atoms with Gasteiger partial charge in [-0.25, -0.2) is 0 Å². The Balaban J connectivity index is 3.60. The van der Waals surface area contributed by atoms with Crippen molar-refractivity contribution in [2.75, 3.05) is 0 Å². The topological polar surface area (TPSA) is 40.5 Å². The van der Waals surface area contributed by atoms with E-state index in [1.165, 1.54) is 0 Å². The van der Waals surface area contributed by atoms with Crippen LogP contribution in [0.1, 0.15) is 58.3 Å². The standard InChI is InChI=1S/C17H30O2/c1-3-5-7-9-11-13-15-17(19)16(18)14-12-10-8-6-4-2/h4-5,7,11,13,16-19H,2-3,6,8-10,12,14-15H2,1H3/b7-5+,13-11+.